The monoisotopic (exact) mass is 428 g/mol. The van der Waals surface area contributed by atoms with E-state index in [-0.39, 0.29) is 12.5 Å². The van der Waals surface area contributed by atoms with Gasteiger partial charge in [-0.2, -0.15) is 4.99 Å². The van der Waals surface area contributed by atoms with Gasteiger partial charge in [0.05, 0.1) is 16.8 Å². The summed E-state index contributed by atoms with van der Waals surface area (Å²) in [7, 11) is 0. The fraction of sp³-hybridized carbons (Fsp3) is 0.227. The van der Waals surface area contributed by atoms with Gasteiger partial charge in [-0.25, -0.2) is 0 Å². The maximum atomic E-state index is 12.5. The van der Waals surface area contributed by atoms with Crippen LogP contribution in [0.4, 0.5) is 0 Å². The summed E-state index contributed by atoms with van der Waals surface area (Å²) in [5, 5.41) is 0.557. The Bertz CT molecular complexity index is 1170. The third-order valence-corrected chi connectivity index (χ3v) is 5.59. The van der Waals surface area contributed by atoms with Crippen LogP contribution in [0.5, 0.6) is 0 Å². The predicted molar refractivity (Wildman–Crippen MR) is 117 cm³/mol. The van der Waals surface area contributed by atoms with Crippen LogP contribution in [0.1, 0.15) is 23.6 Å². The number of fused-ring (bicyclic) bond motifs is 1. The fourth-order valence-corrected chi connectivity index (χ4v) is 4.47. The predicted octanol–water partition coefficient (Wildman–Crippen LogP) is 4.68. The topological polar surface area (TPSA) is 60.7 Å². The number of nitrogens with zero attached hydrogens (tertiary/aromatic N) is 2. The summed E-state index contributed by atoms with van der Waals surface area (Å²) >= 11 is 7.49. The molecule has 0 saturated carbocycles. The van der Waals surface area contributed by atoms with E-state index in [1.54, 1.807) is 23.6 Å². The number of carbonyl (C=O) groups excluding carboxylic acids is 2. The molecule has 0 aliphatic carbocycles. The second kappa shape index (κ2) is 9.20. The van der Waals surface area contributed by atoms with Crippen LogP contribution in [0.3, 0.4) is 0 Å². The summed E-state index contributed by atoms with van der Waals surface area (Å²) in [5.41, 5.74) is 3.74. The van der Waals surface area contributed by atoms with Crippen molar-refractivity contribution in [3.05, 3.63) is 69.0 Å². The van der Waals surface area contributed by atoms with Crippen molar-refractivity contribution in [2.45, 2.75) is 27.3 Å². The lowest BCUT2D eigenvalue weighted by atomic mass is 10.1. The number of benzene rings is 2. The Kier molecular flexibility index (Phi) is 6.67. The standard InChI is InChI=1S/C22H21ClN2O3S/c1-4-28-20(27)13-25-21-15(3)11-14(2)12-18(21)29-22(25)24-19(26)10-9-16-7-5-6-8-17(16)23/h5-12H,4,13H2,1-3H3/b10-9+,24-22?. The Hall–Kier alpha value is -2.70. The van der Waals surface area contributed by atoms with Crippen molar-refractivity contribution in [2.75, 3.05) is 6.61 Å². The smallest absolute Gasteiger partial charge is 0.326 e. The van der Waals surface area contributed by atoms with E-state index < -0.39 is 5.91 Å². The minimum atomic E-state index is -0.427. The third kappa shape index (κ3) is 5.02. The molecule has 1 aromatic heterocycles. The summed E-state index contributed by atoms with van der Waals surface area (Å²) in [6, 6.07) is 11.3. The molecule has 3 rings (SSSR count). The molecule has 3 aromatic rings. The first-order valence-electron chi connectivity index (χ1n) is 9.16. The molecule has 0 bridgehead atoms. The minimum Gasteiger partial charge on any atom is -0.465 e. The van der Waals surface area contributed by atoms with Gasteiger partial charge in [0.2, 0.25) is 0 Å². The van der Waals surface area contributed by atoms with Crippen LogP contribution in [0.2, 0.25) is 5.02 Å². The highest BCUT2D eigenvalue weighted by Crippen LogP contribution is 2.23. The fourth-order valence-electron chi connectivity index (χ4n) is 3.06. The molecule has 7 heteroatoms. The number of esters is 1. The average molecular weight is 429 g/mol. The van der Waals surface area contributed by atoms with Gasteiger partial charge >= 0.3 is 5.97 Å². The molecule has 150 valence electrons. The van der Waals surface area contributed by atoms with Crippen molar-refractivity contribution >= 4 is 51.1 Å². The molecule has 0 atom stereocenters. The molecule has 5 nitrogen and oxygen atoms in total. The van der Waals surface area contributed by atoms with Gasteiger partial charge in [-0.15, -0.1) is 0 Å². The van der Waals surface area contributed by atoms with Gasteiger partial charge in [-0.3, -0.25) is 9.59 Å². The molecule has 0 N–H and O–H groups in total. The van der Waals surface area contributed by atoms with E-state index in [0.717, 1.165) is 26.9 Å². The first-order chi connectivity index (χ1) is 13.9. The van der Waals surface area contributed by atoms with Crippen molar-refractivity contribution < 1.29 is 14.3 Å². The van der Waals surface area contributed by atoms with Gasteiger partial charge in [0.15, 0.2) is 4.80 Å². The Balaban J connectivity index is 2.05. The van der Waals surface area contributed by atoms with Crippen molar-refractivity contribution in [2.24, 2.45) is 4.99 Å². The molecule has 0 aliphatic rings. The van der Waals surface area contributed by atoms with E-state index in [9.17, 15) is 9.59 Å². The molecular weight excluding hydrogens is 408 g/mol. The normalized spacial score (nSPS) is 12.1. The highest BCUT2D eigenvalue weighted by Gasteiger charge is 2.14. The number of thiazole rings is 1. The highest BCUT2D eigenvalue weighted by molar-refractivity contribution is 7.16. The minimum absolute atomic E-state index is 0.00190. The van der Waals surface area contributed by atoms with Crippen LogP contribution in [0, 0.1) is 13.8 Å². The van der Waals surface area contributed by atoms with Gasteiger partial charge in [0.1, 0.15) is 6.54 Å². The number of halogens is 1. The molecule has 29 heavy (non-hydrogen) atoms. The molecule has 1 heterocycles. The van der Waals surface area contributed by atoms with Gasteiger partial charge in [0, 0.05) is 11.1 Å². The molecule has 0 aliphatic heterocycles. The maximum Gasteiger partial charge on any atom is 0.326 e. The molecule has 2 aromatic carbocycles. The van der Waals surface area contributed by atoms with E-state index in [1.165, 1.54) is 17.4 Å². The zero-order chi connectivity index (χ0) is 21.0. The van der Waals surface area contributed by atoms with Crippen molar-refractivity contribution in [3.8, 4) is 0 Å². The highest BCUT2D eigenvalue weighted by atomic mass is 35.5. The van der Waals surface area contributed by atoms with Crippen LogP contribution >= 0.6 is 22.9 Å². The lowest BCUT2D eigenvalue weighted by molar-refractivity contribution is -0.143. The van der Waals surface area contributed by atoms with Crippen molar-refractivity contribution in [3.63, 3.8) is 0 Å². The SMILES string of the molecule is CCOC(=O)Cn1c(=NC(=O)/C=C/c2ccccc2Cl)sc2cc(C)cc(C)c21. The maximum absolute atomic E-state index is 12.5. The number of amides is 1. The summed E-state index contributed by atoms with van der Waals surface area (Å²) in [6.45, 7) is 6.05. The van der Waals surface area contributed by atoms with E-state index in [2.05, 4.69) is 4.99 Å². The van der Waals surface area contributed by atoms with E-state index in [0.29, 0.717) is 16.4 Å². The Morgan fingerprint density at radius 2 is 2.00 bits per heavy atom. The van der Waals surface area contributed by atoms with Crippen LogP contribution in [0.15, 0.2) is 47.5 Å². The summed E-state index contributed by atoms with van der Waals surface area (Å²) in [5.74, 6) is -0.795. The lowest BCUT2D eigenvalue weighted by Gasteiger charge is -2.07. The third-order valence-electron chi connectivity index (χ3n) is 4.22. The number of rotatable bonds is 5. The van der Waals surface area contributed by atoms with Crippen LogP contribution < -0.4 is 4.80 Å². The van der Waals surface area contributed by atoms with Crippen LogP contribution in [0.25, 0.3) is 16.3 Å². The van der Waals surface area contributed by atoms with E-state index >= 15 is 0 Å². The number of carbonyl (C=O) groups is 2. The largest absolute Gasteiger partial charge is 0.465 e. The Morgan fingerprint density at radius 3 is 2.72 bits per heavy atom. The van der Waals surface area contributed by atoms with E-state index in [4.69, 9.17) is 16.3 Å². The zero-order valence-electron chi connectivity index (χ0n) is 16.4. The molecule has 0 saturated heterocycles. The second-order valence-electron chi connectivity index (χ2n) is 6.51. The first kappa shape index (κ1) is 21.0. The molecule has 0 unspecified atom stereocenters. The van der Waals surface area contributed by atoms with Crippen molar-refractivity contribution in [1.82, 2.24) is 4.57 Å². The van der Waals surface area contributed by atoms with Crippen molar-refractivity contribution in [1.29, 1.82) is 0 Å². The number of hydrogen-bond donors (Lipinski definition) is 0. The zero-order valence-corrected chi connectivity index (χ0v) is 18.0. The summed E-state index contributed by atoms with van der Waals surface area (Å²) < 4.78 is 7.81. The quantitative estimate of drug-likeness (QED) is 0.438. The van der Waals surface area contributed by atoms with E-state index in [1.807, 2.05) is 44.2 Å². The molecule has 1 amide bonds. The first-order valence-corrected chi connectivity index (χ1v) is 10.4. The summed E-state index contributed by atoms with van der Waals surface area (Å²) in [4.78, 5) is 29.3. The van der Waals surface area contributed by atoms with Gasteiger partial charge in [-0.1, -0.05) is 47.2 Å². The average Bonchev–Trinajstić information content (AvgIpc) is 2.98. The Morgan fingerprint density at radius 1 is 1.24 bits per heavy atom. The lowest BCUT2D eigenvalue weighted by Crippen LogP contribution is -2.23. The van der Waals surface area contributed by atoms with Gasteiger partial charge in [-0.05, 0) is 55.7 Å². The van der Waals surface area contributed by atoms with Crippen LogP contribution in [-0.2, 0) is 20.9 Å². The molecule has 0 spiro atoms. The van der Waals surface area contributed by atoms with Gasteiger partial charge < -0.3 is 9.30 Å². The number of hydrogen-bond acceptors (Lipinski definition) is 4. The molecule has 0 radical (unpaired) electrons. The van der Waals surface area contributed by atoms with Gasteiger partial charge in [0.25, 0.3) is 5.91 Å². The number of ether oxygens (including phenoxy) is 1. The number of aromatic nitrogens is 1. The number of aryl methyl sites for hydroxylation is 2. The summed E-state index contributed by atoms with van der Waals surface area (Å²) in [6.07, 6.45) is 3.00. The Labute approximate surface area is 177 Å². The second-order valence-corrected chi connectivity index (χ2v) is 7.93. The molecular formula is C22H21ClN2O3S. The molecule has 0 fully saturated rings. The van der Waals surface area contributed by atoms with Crippen LogP contribution in [-0.4, -0.2) is 23.1 Å².